The van der Waals surface area contributed by atoms with E-state index in [0.717, 1.165) is 11.1 Å². The van der Waals surface area contributed by atoms with Crippen molar-refractivity contribution in [3.63, 3.8) is 0 Å². The standard InChI is InChI=1S/C11H13FO2/c1-7-4-9(11(13)14-3)5-10(6-12)8(7)2/h4-5H,6H2,1-3H3. The third kappa shape index (κ3) is 1.92. The Kier molecular flexibility index (Phi) is 3.23. The number of hydrogen-bond donors (Lipinski definition) is 0. The van der Waals surface area contributed by atoms with Gasteiger partial charge in [-0.25, -0.2) is 9.18 Å². The predicted octanol–water partition coefficient (Wildman–Crippen LogP) is 2.56. The number of benzene rings is 1. The van der Waals surface area contributed by atoms with Crippen LogP contribution in [-0.2, 0) is 11.4 Å². The van der Waals surface area contributed by atoms with Gasteiger partial charge in [-0.15, -0.1) is 0 Å². The highest BCUT2D eigenvalue weighted by molar-refractivity contribution is 5.89. The molecule has 0 bridgehead atoms. The quantitative estimate of drug-likeness (QED) is 0.679. The first-order valence-corrected chi connectivity index (χ1v) is 4.34. The molecule has 0 atom stereocenters. The van der Waals surface area contributed by atoms with Gasteiger partial charge >= 0.3 is 5.97 Å². The molecule has 0 aromatic heterocycles. The minimum atomic E-state index is -0.558. The Labute approximate surface area is 82.7 Å². The molecule has 0 N–H and O–H groups in total. The minimum Gasteiger partial charge on any atom is -0.465 e. The molecule has 1 aromatic rings. The lowest BCUT2D eigenvalue weighted by Gasteiger charge is -2.08. The molecule has 0 radical (unpaired) electrons. The minimum absolute atomic E-state index is 0.406. The second kappa shape index (κ2) is 4.22. The molecule has 0 fully saturated rings. The van der Waals surface area contributed by atoms with Crippen LogP contribution in [0, 0.1) is 13.8 Å². The lowest BCUT2D eigenvalue weighted by atomic mass is 10.0. The Morgan fingerprint density at radius 2 is 2.07 bits per heavy atom. The number of hydrogen-bond acceptors (Lipinski definition) is 2. The van der Waals surface area contributed by atoms with Crippen LogP contribution in [0.4, 0.5) is 4.39 Å². The molecule has 0 aliphatic carbocycles. The summed E-state index contributed by atoms with van der Waals surface area (Å²) in [6.45, 7) is 3.13. The Hall–Kier alpha value is -1.38. The van der Waals surface area contributed by atoms with Crippen LogP contribution in [0.5, 0.6) is 0 Å². The molecule has 0 spiro atoms. The second-order valence-corrected chi connectivity index (χ2v) is 3.20. The van der Waals surface area contributed by atoms with Crippen molar-refractivity contribution in [1.82, 2.24) is 0 Å². The molecule has 14 heavy (non-hydrogen) atoms. The van der Waals surface area contributed by atoms with Crippen molar-refractivity contribution < 1.29 is 13.9 Å². The van der Waals surface area contributed by atoms with Crippen LogP contribution in [0.2, 0.25) is 0 Å². The summed E-state index contributed by atoms with van der Waals surface area (Å²) in [6, 6.07) is 3.24. The smallest absolute Gasteiger partial charge is 0.337 e. The third-order valence-electron chi connectivity index (χ3n) is 2.34. The molecule has 3 heteroatoms. The van der Waals surface area contributed by atoms with E-state index in [1.54, 1.807) is 6.07 Å². The molecule has 0 aliphatic rings. The summed E-state index contributed by atoms with van der Waals surface area (Å²) in [6.07, 6.45) is 0. The summed E-state index contributed by atoms with van der Waals surface area (Å²) < 4.78 is 17.1. The Morgan fingerprint density at radius 1 is 1.43 bits per heavy atom. The maximum atomic E-state index is 12.6. The van der Waals surface area contributed by atoms with Crippen LogP contribution in [0.3, 0.4) is 0 Å². The molecule has 0 aliphatic heterocycles. The van der Waals surface area contributed by atoms with Crippen molar-refractivity contribution in [3.8, 4) is 0 Å². The monoisotopic (exact) mass is 196 g/mol. The number of rotatable bonds is 2. The van der Waals surface area contributed by atoms with Crippen molar-refractivity contribution in [2.45, 2.75) is 20.5 Å². The molecule has 0 saturated carbocycles. The molecule has 1 rings (SSSR count). The molecule has 1 aromatic carbocycles. The van der Waals surface area contributed by atoms with E-state index in [-0.39, 0.29) is 0 Å². The van der Waals surface area contributed by atoms with Crippen LogP contribution < -0.4 is 0 Å². The number of carbonyl (C=O) groups is 1. The molecule has 0 unspecified atom stereocenters. The van der Waals surface area contributed by atoms with Crippen LogP contribution >= 0.6 is 0 Å². The number of carbonyl (C=O) groups excluding carboxylic acids is 1. The predicted molar refractivity (Wildman–Crippen MR) is 52.1 cm³/mol. The number of ether oxygens (including phenoxy) is 1. The first kappa shape index (κ1) is 10.7. The lowest BCUT2D eigenvalue weighted by molar-refractivity contribution is 0.0600. The van der Waals surface area contributed by atoms with Crippen LogP contribution in [0.15, 0.2) is 12.1 Å². The fourth-order valence-corrected chi connectivity index (χ4v) is 1.31. The largest absolute Gasteiger partial charge is 0.465 e. The fourth-order valence-electron chi connectivity index (χ4n) is 1.31. The first-order chi connectivity index (χ1) is 6.60. The maximum Gasteiger partial charge on any atom is 0.337 e. The van der Waals surface area contributed by atoms with Gasteiger partial charge in [-0.3, -0.25) is 0 Å². The third-order valence-corrected chi connectivity index (χ3v) is 2.34. The van der Waals surface area contributed by atoms with Crippen molar-refractivity contribution in [2.24, 2.45) is 0 Å². The highest BCUT2D eigenvalue weighted by atomic mass is 19.1. The Morgan fingerprint density at radius 3 is 2.57 bits per heavy atom. The van der Waals surface area contributed by atoms with E-state index in [1.807, 2.05) is 13.8 Å². The van der Waals surface area contributed by atoms with E-state index in [4.69, 9.17) is 0 Å². The summed E-state index contributed by atoms with van der Waals surface area (Å²) in [7, 11) is 1.31. The first-order valence-electron chi connectivity index (χ1n) is 4.34. The van der Waals surface area contributed by atoms with Crippen LogP contribution in [0.1, 0.15) is 27.0 Å². The number of aryl methyl sites for hydroxylation is 1. The van der Waals surface area contributed by atoms with Gasteiger partial charge in [-0.1, -0.05) is 0 Å². The van der Waals surface area contributed by atoms with Gasteiger partial charge in [0.25, 0.3) is 0 Å². The summed E-state index contributed by atoms with van der Waals surface area (Å²) in [5.74, 6) is -0.428. The SMILES string of the molecule is COC(=O)c1cc(C)c(C)c(CF)c1. The van der Waals surface area contributed by atoms with E-state index >= 15 is 0 Å². The molecule has 0 amide bonds. The van der Waals surface area contributed by atoms with Gasteiger partial charge in [0.2, 0.25) is 0 Å². The highest BCUT2D eigenvalue weighted by Gasteiger charge is 2.10. The second-order valence-electron chi connectivity index (χ2n) is 3.20. The van der Waals surface area contributed by atoms with Crippen molar-refractivity contribution in [2.75, 3.05) is 7.11 Å². The van der Waals surface area contributed by atoms with Gasteiger partial charge in [0.05, 0.1) is 12.7 Å². The molecular formula is C11H13FO2. The normalized spacial score (nSPS) is 10.0. The van der Waals surface area contributed by atoms with Gasteiger partial charge in [0.15, 0.2) is 0 Å². The zero-order valence-electron chi connectivity index (χ0n) is 8.56. The number of halogens is 1. The van der Waals surface area contributed by atoms with Crippen LogP contribution in [0.25, 0.3) is 0 Å². The zero-order valence-corrected chi connectivity index (χ0v) is 8.56. The van der Waals surface area contributed by atoms with Gasteiger partial charge in [-0.2, -0.15) is 0 Å². The van der Waals surface area contributed by atoms with E-state index < -0.39 is 12.6 Å². The van der Waals surface area contributed by atoms with Crippen molar-refractivity contribution >= 4 is 5.97 Å². The Bertz CT molecular complexity index is 359. The van der Waals surface area contributed by atoms with Gasteiger partial charge in [-0.05, 0) is 42.7 Å². The number of alkyl halides is 1. The topological polar surface area (TPSA) is 26.3 Å². The molecule has 2 nitrogen and oxygen atoms in total. The average molecular weight is 196 g/mol. The van der Waals surface area contributed by atoms with E-state index in [0.29, 0.717) is 11.1 Å². The van der Waals surface area contributed by atoms with Gasteiger partial charge < -0.3 is 4.74 Å². The Balaban J connectivity index is 3.22. The summed E-state index contributed by atoms with van der Waals surface area (Å²) in [5.41, 5.74) is 2.74. The number of esters is 1. The molecule has 0 saturated heterocycles. The van der Waals surface area contributed by atoms with E-state index in [2.05, 4.69) is 4.74 Å². The van der Waals surface area contributed by atoms with Crippen molar-refractivity contribution in [3.05, 3.63) is 34.4 Å². The summed E-state index contributed by atoms with van der Waals surface area (Å²) in [5, 5.41) is 0. The summed E-state index contributed by atoms with van der Waals surface area (Å²) in [4.78, 5) is 11.2. The van der Waals surface area contributed by atoms with Gasteiger partial charge in [0, 0.05) is 0 Å². The maximum absolute atomic E-state index is 12.6. The van der Waals surface area contributed by atoms with E-state index in [9.17, 15) is 9.18 Å². The lowest BCUT2D eigenvalue weighted by Crippen LogP contribution is -2.04. The number of methoxy groups -OCH3 is 1. The molecule has 0 heterocycles. The van der Waals surface area contributed by atoms with Crippen molar-refractivity contribution in [1.29, 1.82) is 0 Å². The fraction of sp³-hybridized carbons (Fsp3) is 0.364. The van der Waals surface area contributed by atoms with E-state index in [1.165, 1.54) is 13.2 Å². The van der Waals surface area contributed by atoms with Crippen LogP contribution in [-0.4, -0.2) is 13.1 Å². The zero-order chi connectivity index (χ0) is 10.7. The highest BCUT2D eigenvalue weighted by Crippen LogP contribution is 2.17. The average Bonchev–Trinajstić information content (AvgIpc) is 2.20. The molecular weight excluding hydrogens is 183 g/mol. The van der Waals surface area contributed by atoms with Gasteiger partial charge in [0.1, 0.15) is 6.67 Å². The summed E-state index contributed by atoms with van der Waals surface area (Å²) >= 11 is 0. The molecule has 76 valence electrons.